The average molecular weight is 272 g/mol. The number of para-hydroxylation sites is 1. The van der Waals surface area contributed by atoms with Crippen molar-refractivity contribution in [3.8, 4) is 18.1 Å². The molecule has 106 valence electrons. The Morgan fingerprint density at radius 1 is 1.50 bits per heavy atom. The summed E-state index contributed by atoms with van der Waals surface area (Å²) in [4.78, 5) is 14.2. The van der Waals surface area contributed by atoms with E-state index in [-0.39, 0.29) is 12.5 Å². The first kappa shape index (κ1) is 14.4. The smallest absolute Gasteiger partial charge is 0.237 e. The van der Waals surface area contributed by atoms with E-state index >= 15 is 0 Å². The quantitative estimate of drug-likeness (QED) is 0.603. The molecule has 1 amide bonds. The van der Waals surface area contributed by atoms with E-state index in [4.69, 9.17) is 11.2 Å². The third-order valence-electron chi connectivity index (χ3n) is 3.34. The monoisotopic (exact) mass is 272 g/mol. The Balaban J connectivity index is 2.02. The van der Waals surface area contributed by atoms with E-state index in [1.165, 1.54) is 0 Å². The standard InChI is InChI=1S/C16H20N2O2/c1-3-10-17-11-16(19)18(14-8-9-14)12-13-6-4-5-7-15(13)20-2/h1,4-7,14,17H,8-12H2,2H3. The van der Waals surface area contributed by atoms with E-state index in [2.05, 4.69) is 11.2 Å². The number of amides is 1. The number of ether oxygens (including phenoxy) is 1. The summed E-state index contributed by atoms with van der Waals surface area (Å²) < 4.78 is 5.34. The maximum absolute atomic E-state index is 12.3. The molecule has 1 aliphatic carbocycles. The van der Waals surface area contributed by atoms with Crippen molar-refractivity contribution in [3.05, 3.63) is 29.8 Å². The van der Waals surface area contributed by atoms with Gasteiger partial charge in [-0.2, -0.15) is 0 Å². The Morgan fingerprint density at radius 2 is 2.25 bits per heavy atom. The molecule has 1 aromatic carbocycles. The summed E-state index contributed by atoms with van der Waals surface area (Å²) in [6.07, 6.45) is 7.33. The van der Waals surface area contributed by atoms with E-state index in [9.17, 15) is 4.79 Å². The summed E-state index contributed by atoms with van der Waals surface area (Å²) >= 11 is 0. The molecule has 0 aromatic heterocycles. The van der Waals surface area contributed by atoms with E-state index in [0.29, 0.717) is 19.1 Å². The number of hydrogen-bond acceptors (Lipinski definition) is 3. The van der Waals surface area contributed by atoms with Gasteiger partial charge in [0.2, 0.25) is 5.91 Å². The molecule has 1 saturated carbocycles. The fourth-order valence-corrected chi connectivity index (χ4v) is 2.17. The molecule has 1 aliphatic rings. The van der Waals surface area contributed by atoms with Crippen LogP contribution in [0.4, 0.5) is 0 Å². The third kappa shape index (κ3) is 3.75. The molecule has 0 radical (unpaired) electrons. The van der Waals surface area contributed by atoms with Gasteiger partial charge in [-0.25, -0.2) is 0 Å². The highest BCUT2D eigenvalue weighted by Gasteiger charge is 2.32. The Kier molecular flexibility index (Phi) is 5.03. The van der Waals surface area contributed by atoms with Crippen LogP contribution in [-0.2, 0) is 11.3 Å². The van der Waals surface area contributed by atoms with Crippen LogP contribution in [0.15, 0.2) is 24.3 Å². The van der Waals surface area contributed by atoms with E-state index < -0.39 is 0 Å². The van der Waals surface area contributed by atoms with E-state index in [1.807, 2.05) is 29.2 Å². The lowest BCUT2D eigenvalue weighted by atomic mass is 10.2. The van der Waals surface area contributed by atoms with Crippen molar-refractivity contribution in [3.63, 3.8) is 0 Å². The van der Waals surface area contributed by atoms with Crippen LogP contribution >= 0.6 is 0 Å². The Labute approximate surface area is 120 Å². The minimum atomic E-state index is 0.0913. The lowest BCUT2D eigenvalue weighted by Gasteiger charge is -2.23. The van der Waals surface area contributed by atoms with Crippen molar-refractivity contribution in [2.75, 3.05) is 20.2 Å². The first-order valence-electron chi connectivity index (χ1n) is 6.81. The summed E-state index contributed by atoms with van der Waals surface area (Å²) in [6.45, 7) is 1.29. The summed E-state index contributed by atoms with van der Waals surface area (Å²) in [7, 11) is 1.65. The van der Waals surface area contributed by atoms with Gasteiger partial charge in [-0.1, -0.05) is 24.1 Å². The molecule has 1 fully saturated rings. The number of hydrogen-bond donors (Lipinski definition) is 1. The van der Waals surface area contributed by atoms with Crippen LogP contribution in [0.3, 0.4) is 0 Å². The van der Waals surface area contributed by atoms with Crippen molar-refractivity contribution in [1.29, 1.82) is 0 Å². The number of methoxy groups -OCH3 is 1. The largest absolute Gasteiger partial charge is 0.496 e. The number of carbonyl (C=O) groups excluding carboxylic acids is 1. The van der Waals surface area contributed by atoms with Gasteiger partial charge in [-0.15, -0.1) is 6.42 Å². The molecule has 0 heterocycles. The maximum Gasteiger partial charge on any atom is 0.237 e. The van der Waals surface area contributed by atoms with Crippen LogP contribution in [0, 0.1) is 12.3 Å². The molecular formula is C16H20N2O2. The van der Waals surface area contributed by atoms with Crippen LogP contribution in [0.25, 0.3) is 0 Å². The number of carbonyl (C=O) groups is 1. The summed E-state index contributed by atoms with van der Waals surface area (Å²) in [5, 5.41) is 2.95. The number of nitrogens with one attached hydrogen (secondary N) is 1. The lowest BCUT2D eigenvalue weighted by molar-refractivity contribution is -0.131. The number of rotatable bonds is 7. The van der Waals surface area contributed by atoms with Gasteiger partial charge in [-0.3, -0.25) is 10.1 Å². The number of terminal acetylenes is 1. The predicted molar refractivity (Wildman–Crippen MR) is 78.3 cm³/mol. The molecule has 4 nitrogen and oxygen atoms in total. The summed E-state index contributed by atoms with van der Waals surface area (Å²) in [5.41, 5.74) is 1.03. The highest BCUT2D eigenvalue weighted by atomic mass is 16.5. The van der Waals surface area contributed by atoms with Crippen molar-refractivity contribution in [2.45, 2.75) is 25.4 Å². The first-order chi connectivity index (χ1) is 9.76. The van der Waals surface area contributed by atoms with Gasteiger partial charge in [0.25, 0.3) is 0 Å². The minimum Gasteiger partial charge on any atom is -0.496 e. The van der Waals surface area contributed by atoms with Gasteiger partial charge in [0.1, 0.15) is 5.75 Å². The molecular weight excluding hydrogens is 252 g/mol. The average Bonchev–Trinajstić information content (AvgIpc) is 3.29. The second-order valence-corrected chi connectivity index (χ2v) is 4.87. The highest BCUT2D eigenvalue weighted by molar-refractivity contribution is 5.79. The van der Waals surface area contributed by atoms with Gasteiger partial charge >= 0.3 is 0 Å². The van der Waals surface area contributed by atoms with Crippen LogP contribution in [-0.4, -0.2) is 37.0 Å². The molecule has 20 heavy (non-hydrogen) atoms. The molecule has 2 rings (SSSR count). The fraction of sp³-hybridized carbons (Fsp3) is 0.438. The summed E-state index contributed by atoms with van der Waals surface area (Å²) in [5.74, 6) is 3.39. The highest BCUT2D eigenvalue weighted by Crippen LogP contribution is 2.30. The SMILES string of the molecule is C#CCNCC(=O)N(Cc1ccccc1OC)C1CC1. The van der Waals surface area contributed by atoms with Gasteiger partial charge in [0, 0.05) is 18.2 Å². The molecule has 1 aromatic rings. The zero-order valence-corrected chi connectivity index (χ0v) is 11.8. The van der Waals surface area contributed by atoms with Gasteiger partial charge in [0.05, 0.1) is 20.2 Å². The molecule has 1 N–H and O–H groups in total. The van der Waals surface area contributed by atoms with Crippen LogP contribution in [0.2, 0.25) is 0 Å². The lowest BCUT2D eigenvalue weighted by Crippen LogP contribution is -2.39. The maximum atomic E-state index is 12.3. The van der Waals surface area contributed by atoms with Gasteiger partial charge in [0.15, 0.2) is 0 Å². The Morgan fingerprint density at radius 3 is 2.90 bits per heavy atom. The van der Waals surface area contributed by atoms with Gasteiger partial charge in [-0.05, 0) is 18.9 Å². The molecule has 0 bridgehead atoms. The van der Waals surface area contributed by atoms with Gasteiger partial charge < -0.3 is 9.64 Å². The third-order valence-corrected chi connectivity index (χ3v) is 3.34. The van der Waals surface area contributed by atoms with E-state index in [0.717, 1.165) is 24.2 Å². The topological polar surface area (TPSA) is 41.6 Å². The molecule has 0 atom stereocenters. The van der Waals surface area contributed by atoms with Crippen molar-refractivity contribution in [2.24, 2.45) is 0 Å². The Bertz CT molecular complexity index is 503. The second-order valence-electron chi connectivity index (χ2n) is 4.87. The van der Waals surface area contributed by atoms with E-state index in [1.54, 1.807) is 7.11 Å². The zero-order chi connectivity index (χ0) is 14.4. The fourth-order valence-electron chi connectivity index (χ4n) is 2.17. The zero-order valence-electron chi connectivity index (χ0n) is 11.8. The molecule has 0 saturated heterocycles. The second kappa shape index (κ2) is 6.97. The van der Waals surface area contributed by atoms with Crippen LogP contribution in [0.1, 0.15) is 18.4 Å². The first-order valence-corrected chi connectivity index (χ1v) is 6.81. The Hall–Kier alpha value is -1.99. The van der Waals surface area contributed by atoms with Crippen LogP contribution < -0.4 is 10.1 Å². The van der Waals surface area contributed by atoms with Crippen LogP contribution in [0.5, 0.6) is 5.75 Å². The molecule has 0 spiro atoms. The summed E-state index contributed by atoms with van der Waals surface area (Å²) in [6, 6.07) is 8.17. The molecule has 0 aliphatic heterocycles. The number of nitrogens with zero attached hydrogens (tertiary/aromatic N) is 1. The normalized spacial score (nSPS) is 13.6. The van der Waals surface area contributed by atoms with Crippen molar-refractivity contribution in [1.82, 2.24) is 10.2 Å². The van der Waals surface area contributed by atoms with Crippen molar-refractivity contribution < 1.29 is 9.53 Å². The molecule has 0 unspecified atom stereocenters. The minimum absolute atomic E-state index is 0.0913. The predicted octanol–water partition coefficient (Wildman–Crippen LogP) is 1.41. The number of benzene rings is 1. The van der Waals surface area contributed by atoms with Crippen molar-refractivity contribution >= 4 is 5.91 Å². The molecule has 4 heteroatoms.